The molecule has 0 N–H and O–H groups in total. The summed E-state index contributed by atoms with van der Waals surface area (Å²) in [4.78, 5) is 0. The molecule has 6 atom stereocenters. The Morgan fingerprint density at radius 3 is 2.20 bits per heavy atom. The van der Waals surface area contributed by atoms with Crippen LogP contribution in [-0.4, -0.2) is 12.7 Å². The van der Waals surface area contributed by atoms with Crippen molar-refractivity contribution in [3.8, 4) is 0 Å². The molecule has 0 aromatic carbocycles. The SMILES string of the molecule is CCCO[C@@H]1CCC2C(CCC3C[C@H](CC)CCC32)C1. The van der Waals surface area contributed by atoms with E-state index in [0.717, 1.165) is 36.2 Å². The highest BCUT2D eigenvalue weighted by molar-refractivity contribution is 4.94. The lowest BCUT2D eigenvalue weighted by Gasteiger charge is -2.50. The minimum Gasteiger partial charge on any atom is -0.378 e. The smallest absolute Gasteiger partial charge is 0.0578 e. The second kappa shape index (κ2) is 6.81. The van der Waals surface area contributed by atoms with Crippen LogP contribution in [0.4, 0.5) is 0 Å². The highest BCUT2D eigenvalue weighted by Crippen LogP contribution is 2.53. The molecule has 0 aromatic rings. The first-order valence-electron chi connectivity index (χ1n) is 9.43. The Bertz CT molecular complexity index is 300. The van der Waals surface area contributed by atoms with Crippen molar-refractivity contribution in [3.63, 3.8) is 0 Å². The number of ether oxygens (including phenoxy) is 1. The molecule has 116 valence electrons. The third kappa shape index (κ3) is 3.08. The maximum absolute atomic E-state index is 6.05. The third-order valence-corrected chi connectivity index (χ3v) is 6.74. The fraction of sp³-hybridized carbons (Fsp3) is 1.00. The van der Waals surface area contributed by atoms with Crippen LogP contribution in [0.5, 0.6) is 0 Å². The lowest BCUT2D eigenvalue weighted by molar-refractivity contribution is -0.0528. The highest BCUT2D eigenvalue weighted by Gasteiger charge is 2.44. The molecule has 0 heterocycles. The van der Waals surface area contributed by atoms with Gasteiger partial charge >= 0.3 is 0 Å². The standard InChI is InChI=1S/C19H34O/c1-3-11-20-17-8-10-19-16(13-17)7-6-15-12-14(4-2)5-9-18(15)19/h14-19H,3-13H2,1-2H3/t14-,15?,16?,17-,18?,19?/m1/s1. The molecule has 0 aromatic heterocycles. The predicted octanol–water partition coefficient (Wildman–Crippen LogP) is 5.43. The van der Waals surface area contributed by atoms with E-state index in [4.69, 9.17) is 4.74 Å². The van der Waals surface area contributed by atoms with Gasteiger partial charge in [-0.05, 0) is 81.0 Å². The molecule has 3 aliphatic carbocycles. The Morgan fingerprint density at radius 2 is 1.50 bits per heavy atom. The first-order chi connectivity index (χ1) is 9.81. The highest BCUT2D eigenvalue weighted by atomic mass is 16.5. The van der Waals surface area contributed by atoms with Gasteiger partial charge in [0.2, 0.25) is 0 Å². The number of hydrogen-bond acceptors (Lipinski definition) is 1. The molecule has 3 rings (SSSR count). The normalized spacial score (nSPS) is 44.7. The molecular formula is C19H34O. The van der Waals surface area contributed by atoms with Crippen molar-refractivity contribution in [1.29, 1.82) is 0 Å². The van der Waals surface area contributed by atoms with Gasteiger partial charge in [-0.15, -0.1) is 0 Å². The molecule has 3 fully saturated rings. The topological polar surface area (TPSA) is 9.23 Å². The Kier molecular flexibility index (Phi) is 5.07. The molecule has 3 aliphatic rings. The van der Waals surface area contributed by atoms with Crippen LogP contribution in [0.3, 0.4) is 0 Å². The van der Waals surface area contributed by atoms with Crippen molar-refractivity contribution < 1.29 is 4.74 Å². The molecule has 3 saturated carbocycles. The van der Waals surface area contributed by atoms with Crippen LogP contribution in [0.1, 0.15) is 78.1 Å². The molecule has 0 bridgehead atoms. The van der Waals surface area contributed by atoms with Gasteiger partial charge in [0, 0.05) is 6.61 Å². The van der Waals surface area contributed by atoms with E-state index >= 15 is 0 Å². The molecule has 4 unspecified atom stereocenters. The molecule has 0 saturated heterocycles. The van der Waals surface area contributed by atoms with Gasteiger partial charge < -0.3 is 4.74 Å². The largest absolute Gasteiger partial charge is 0.378 e. The van der Waals surface area contributed by atoms with Gasteiger partial charge in [-0.3, -0.25) is 0 Å². The Labute approximate surface area is 125 Å². The molecule has 0 amide bonds. The second-order valence-corrected chi connectivity index (χ2v) is 7.82. The van der Waals surface area contributed by atoms with Crippen molar-refractivity contribution in [2.75, 3.05) is 6.61 Å². The van der Waals surface area contributed by atoms with Crippen LogP contribution < -0.4 is 0 Å². The van der Waals surface area contributed by atoms with Gasteiger partial charge in [-0.1, -0.05) is 26.7 Å². The van der Waals surface area contributed by atoms with Gasteiger partial charge in [0.15, 0.2) is 0 Å². The van der Waals surface area contributed by atoms with E-state index in [0.29, 0.717) is 6.10 Å². The van der Waals surface area contributed by atoms with E-state index in [9.17, 15) is 0 Å². The molecular weight excluding hydrogens is 244 g/mol. The summed E-state index contributed by atoms with van der Waals surface area (Å²) in [5, 5.41) is 0. The molecule has 1 heteroatoms. The number of hydrogen-bond donors (Lipinski definition) is 0. The summed E-state index contributed by atoms with van der Waals surface area (Å²) in [6, 6.07) is 0. The van der Waals surface area contributed by atoms with E-state index in [-0.39, 0.29) is 0 Å². The quantitative estimate of drug-likeness (QED) is 0.666. The van der Waals surface area contributed by atoms with Crippen LogP contribution in [0, 0.1) is 29.6 Å². The van der Waals surface area contributed by atoms with E-state index in [1.54, 1.807) is 12.8 Å². The second-order valence-electron chi connectivity index (χ2n) is 7.82. The van der Waals surface area contributed by atoms with Gasteiger partial charge in [-0.2, -0.15) is 0 Å². The van der Waals surface area contributed by atoms with Crippen LogP contribution in [-0.2, 0) is 4.74 Å². The summed E-state index contributed by atoms with van der Waals surface area (Å²) < 4.78 is 6.05. The summed E-state index contributed by atoms with van der Waals surface area (Å²) in [5.74, 6) is 5.29. The van der Waals surface area contributed by atoms with Crippen molar-refractivity contribution >= 4 is 0 Å². The van der Waals surface area contributed by atoms with E-state index in [2.05, 4.69) is 13.8 Å². The Balaban J connectivity index is 1.56. The van der Waals surface area contributed by atoms with Crippen molar-refractivity contribution in [2.24, 2.45) is 29.6 Å². The first kappa shape index (κ1) is 14.9. The van der Waals surface area contributed by atoms with Gasteiger partial charge in [0.05, 0.1) is 6.10 Å². The van der Waals surface area contributed by atoms with Gasteiger partial charge in [0.1, 0.15) is 0 Å². The zero-order chi connectivity index (χ0) is 13.9. The molecule has 1 nitrogen and oxygen atoms in total. The molecule has 20 heavy (non-hydrogen) atoms. The zero-order valence-electron chi connectivity index (χ0n) is 13.7. The summed E-state index contributed by atoms with van der Waals surface area (Å²) >= 11 is 0. The fourth-order valence-corrected chi connectivity index (χ4v) is 5.66. The molecule has 0 aliphatic heterocycles. The maximum atomic E-state index is 6.05. The number of rotatable bonds is 4. The Morgan fingerprint density at radius 1 is 0.800 bits per heavy atom. The van der Waals surface area contributed by atoms with Crippen LogP contribution in [0.2, 0.25) is 0 Å². The Hall–Kier alpha value is -0.0400. The van der Waals surface area contributed by atoms with Crippen LogP contribution in [0.15, 0.2) is 0 Å². The van der Waals surface area contributed by atoms with Crippen molar-refractivity contribution in [1.82, 2.24) is 0 Å². The summed E-state index contributed by atoms with van der Waals surface area (Å²) in [5.41, 5.74) is 0. The van der Waals surface area contributed by atoms with E-state index in [1.165, 1.54) is 51.4 Å². The molecule has 0 spiro atoms. The lowest BCUT2D eigenvalue weighted by atomic mass is 9.56. The first-order valence-corrected chi connectivity index (χ1v) is 9.43. The van der Waals surface area contributed by atoms with E-state index in [1.807, 2.05) is 0 Å². The average Bonchev–Trinajstić information content (AvgIpc) is 2.51. The van der Waals surface area contributed by atoms with Crippen molar-refractivity contribution in [2.45, 2.75) is 84.2 Å². The van der Waals surface area contributed by atoms with Crippen molar-refractivity contribution in [3.05, 3.63) is 0 Å². The van der Waals surface area contributed by atoms with Crippen LogP contribution in [0.25, 0.3) is 0 Å². The summed E-state index contributed by atoms with van der Waals surface area (Å²) in [6.45, 7) is 5.60. The average molecular weight is 278 g/mol. The summed E-state index contributed by atoms with van der Waals surface area (Å²) in [7, 11) is 0. The molecule has 0 radical (unpaired) electrons. The number of fused-ring (bicyclic) bond motifs is 3. The van der Waals surface area contributed by atoms with Crippen LogP contribution >= 0.6 is 0 Å². The van der Waals surface area contributed by atoms with Gasteiger partial charge in [0.25, 0.3) is 0 Å². The third-order valence-electron chi connectivity index (χ3n) is 6.74. The maximum Gasteiger partial charge on any atom is 0.0578 e. The predicted molar refractivity (Wildman–Crippen MR) is 84.7 cm³/mol. The minimum absolute atomic E-state index is 0.597. The zero-order valence-corrected chi connectivity index (χ0v) is 13.7. The fourth-order valence-electron chi connectivity index (χ4n) is 5.66. The van der Waals surface area contributed by atoms with Gasteiger partial charge in [-0.25, -0.2) is 0 Å². The van der Waals surface area contributed by atoms with E-state index < -0.39 is 0 Å². The summed E-state index contributed by atoms with van der Waals surface area (Å²) in [6.07, 6.45) is 15.1. The monoisotopic (exact) mass is 278 g/mol. The minimum atomic E-state index is 0.597. The lowest BCUT2D eigenvalue weighted by Crippen LogP contribution is -2.42.